The van der Waals surface area contributed by atoms with E-state index in [1.54, 1.807) is 7.11 Å². The number of nitrogens with one attached hydrogen (secondary N) is 1. The van der Waals surface area contributed by atoms with Gasteiger partial charge in [0, 0.05) is 6.42 Å². The second-order valence-corrected chi connectivity index (χ2v) is 6.02. The molecule has 0 spiro atoms. The van der Waals surface area contributed by atoms with Gasteiger partial charge < -0.3 is 14.8 Å². The van der Waals surface area contributed by atoms with Crippen LogP contribution >= 0.6 is 0 Å². The molecule has 0 fully saturated rings. The Balaban J connectivity index is 1.96. The third-order valence-electron chi connectivity index (χ3n) is 4.09. The molecule has 1 aliphatic rings. The van der Waals surface area contributed by atoms with Crippen molar-refractivity contribution in [2.24, 2.45) is 5.92 Å². The zero-order valence-electron chi connectivity index (χ0n) is 14.3. The standard InChI is InChI=1S/C19H27NO3/c1-4-11-23-17-10-9-16(13-18(17)22-3)14(2)20-19(21)12-15-7-5-6-8-15/h5,7,9-10,13-15H,4,6,8,11-12H2,1-3H3,(H,20,21)/t14-,15+/m0/s1. The summed E-state index contributed by atoms with van der Waals surface area (Å²) in [5, 5.41) is 3.07. The van der Waals surface area contributed by atoms with Crippen LogP contribution in [0.2, 0.25) is 0 Å². The first kappa shape index (κ1) is 17.4. The summed E-state index contributed by atoms with van der Waals surface area (Å²) in [5.74, 6) is 1.93. The van der Waals surface area contributed by atoms with Crippen LogP contribution in [0.4, 0.5) is 0 Å². The predicted molar refractivity (Wildman–Crippen MR) is 91.8 cm³/mol. The van der Waals surface area contributed by atoms with Crippen LogP contribution in [0.3, 0.4) is 0 Å². The fraction of sp³-hybridized carbons (Fsp3) is 0.526. The van der Waals surface area contributed by atoms with Gasteiger partial charge in [-0.05, 0) is 49.8 Å². The number of amides is 1. The molecule has 1 aliphatic carbocycles. The molecule has 126 valence electrons. The second-order valence-electron chi connectivity index (χ2n) is 6.02. The van der Waals surface area contributed by atoms with Crippen LogP contribution in [0.5, 0.6) is 11.5 Å². The fourth-order valence-electron chi connectivity index (χ4n) is 2.77. The maximum atomic E-state index is 12.1. The van der Waals surface area contributed by atoms with Gasteiger partial charge >= 0.3 is 0 Å². The molecule has 0 heterocycles. The van der Waals surface area contributed by atoms with Crippen molar-refractivity contribution in [2.45, 2.75) is 45.6 Å². The van der Waals surface area contributed by atoms with Crippen molar-refractivity contribution in [1.29, 1.82) is 0 Å². The van der Waals surface area contributed by atoms with Crippen molar-refractivity contribution in [3.05, 3.63) is 35.9 Å². The molecular formula is C19H27NO3. The van der Waals surface area contributed by atoms with Crippen LogP contribution in [0.1, 0.15) is 51.1 Å². The first-order chi connectivity index (χ1) is 11.1. The van der Waals surface area contributed by atoms with E-state index in [-0.39, 0.29) is 11.9 Å². The van der Waals surface area contributed by atoms with Gasteiger partial charge in [0.05, 0.1) is 19.8 Å². The third-order valence-corrected chi connectivity index (χ3v) is 4.09. The monoisotopic (exact) mass is 317 g/mol. The number of carbonyl (C=O) groups is 1. The Hall–Kier alpha value is -1.97. The number of benzene rings is 1. The van der Waals surface area contributed by atoms with Gasteiger partial charge in [-0.3, -0.25) is 4.79 Å². The number of carbonyl (C=O) groups excluding carboxylic acids is 1. The van der Waals surface area contributed by atoms with Crippen molar-refractivity contribution in [3.8, 4) is 11.5 Å². The van der Waals surface area contributed by atoms with E-state index in [9.17, 15) is 4.79 Å². The summed E-state index contributed by atoms with van der Waals surface area (Å²) in [7, 11) is 1.63. The highest BCUT2D eigenvalue weighted by molar-refractivity contribution is 5.77. The molecule has 4 nitrogen and oxygen atoms in total. The molecule has 0 saturated heterocycles. The van der Waals surface area contributed by atoms with E-state index in [1.165, 1.54) is 0 Å². The SMILES string of the molecule is CCCOc1ccc([C@H](C)NC(=O)C[C@@H]2C=CCC2)cc1OC. The molecule has 0 saturated carbocycles. The number of rotatable bonds is 8. The zero-order chi connectivity index (χ0) is 16.7. The topological polar surface area (TPSA) is 47.6 Å². The largest absolute Gasteiger partial charge is 0.493 e. The summed E-state index contributed by atoms with van der Waals surface area (Å²) in [4.78, 5) is 12.1. The summed E-state index contributed by atoms with van der Waals surface area (Å²) in [6, 6.07) is 5.77. The van der Waals surface area contributed by atoms with Crippen molar-refractivity contribution < 1.29 is 14.3 Å². The molecule has 0 aliphatic heterocycles. The summed E-state index contributed by atoms with van der Waals surface area (Å²) in [5.41, 5.74) is 1.01. The number of hydrogen-bond acceptors (Lipinski definition) is 3. The number of hydrogen-bond donors (Lipinski definition) is 1. The lowest BCUT2D eigenvalue weighted by atomic mass is 10.0. The Morgan fingerprint density at radius 2 is 2.22 bits per heavy atom. The van der Waals surface area contributed by atoms with E-state index in [2.05, 4.69) is 24.4 Å². The summed E-state index contributed by atoms with van der Waals surface area (Å²) in [6.07, 6.45) is 7.99. The number of ether oxygens (including phenoxy) is 2. The molecule has 23 heavy (non-hydrogen) atoms. The third kappa shape index (κ3) is 5.02. The molecule has 1 aromatic carbocycles. The Labute approximate surface area is 138 Å². The van der Waals surface area contributed by atoms with Crippen LogP contribution in [0.25, 0.3) is 0 Å². The van der Waals surface area contributed by atoms with Crippen LogP contribution in [0.15, 0.2) is 30.4 Å². The predicted octanol–water partition coefficient (Wildman–Crippen LogP) is 4.02. The average molecular weight is 317 g/mol. The quantitative estimate of drug-likeness (QED) is 0.737. The smallest absolute Gasteiger partial charge is 0.221 e. The molecule has 4 heteroatoms. The molecule has 2 rings (SSSR count). The van der Waals surface area contributed by atoms with Crippen molar-refractivity contribution >= 4 is 5.91 Å². The van der Waals surface area contributed by atoms with Gasteiger partial charge in [0.1, 0.15) is 0 Å². The number of allylic oxidation sites excluding steroid dienone is 2. The van der Waals surface area contributed by atoms with E-state index >= 15 is 0 Å². The number of methoxy groups -OCH3 is 1. The average Bonchev–Trinajstić information content (AvgIpc) is 3.05. The van der Waals surface area contributed by atoms with E-state index in [4.69, 9.17) is 9.47 Å². The van der Waals surface area contributed by atoms with E-state index in [0.717, 1.165) is 30.6 Å². The van der Waals surface area contributed by atoms with Gasteiger partial charge in [0.2, 0.25) is 5.91 Å². The van der Waals surface area contributed by atoms with E-state index in [1.807, 2.05) is 25.1 Å². The highest BCUT2D eigenvalue weighted by Gasteiger charge is 2.17. The first-order valence-corrected chi connectivity index (χ1v) is 8.40. The Morgan fingerprint density at radius 3 is 2.87 bits per heavy atom. The second kappa shape index (κ2) is 8.61. The van der Waals surface area contributed by atoms with Gasteiger partial charge in [-0.15, -0.1) is 0 Å². The summed E-state index contributed by atoms with van der Waals surface area (Å²) < 4.78 is 11.1. The van der Waals surface area contributed by atoms with Gasteiger partial charge in [-0.2, -0.15) is 0 Å². The zero-order valence-corrected chi connectivity index (χ0v) is 14.3. The van der Waals surface area contributed by atoms with Crippen molar-refractivity contribution in [2.75, 3.05) is 13.7 Å². The minimum absolute atomic E-state index is 0.0537. The van der Waals surface area contributed by atoms with Crippen LogP contribution < -0.4 is 14.8 Å². The molecular weight excluding hydrogens is 290 g/mol. The fourth-order valence-corrected chi connectivity index (χ4v) is 2.77. The molecule has 0 radical (unpaired) electrons. The van der Waals surface area contributed by atoms with E-state index in [0.29, 0.717) is 24.7 Å². The Kier molecular flexibility index (Phi) is 6.51. The maximum absolute atomic E-state index is 12.1. The summed E-state index contributed by atoms with van der Waals surface area (Å²) in [6.45, 7) is 4.72. The van der Waals surface area contributed by atoms with Gasteiger partial charge in [-0.25, -0.2) is 0 Å². The normalized spacial score (nSPS) is 17.8. The van der Waals surface area contributed by atoms with Gasteiger partial charge in [0.15, 0.2) is 11.5 Å². The highest BCUT2D eigenvalue weighted by Crippen LogP contribution is 2.30. The molecule has 0 unspecified atom stereocenters. The van der Waals surface area contributed by atoms with Crippen LogP contribution in [-0.4, -0.2) is 19.6 Å². The van der Waals surface area contributed by atoms with Crippen molar-refractivity contribution in [1.82, 2.24) is 5.32 Å². The minimum Gasteiger partial charge on any atom is -0.493 e. The Bertz CT molecular complexity index is 554. The van der Waals surface area contributed by atoms with Crippen LogP contribution in [-0.2, 0) is 4.79 Å². The molecule has 2 atom stereocenters. The molecule has 1 amide bonds. The minimum atomic E-state index is -0.0537. The maximum Gasteiger partial charge on any atom is 0.221 e. The molecule has 1 N–H and O–H groups in total. The highest BCUT2D eigenvalue weighted by atomic mass is 16.5. The van der Waals surface area contributed by atoms with Gasteiger partial charge in [-0.1, -0.05) is 25.1 Å². The molecule has 1 aromatic rings. The van der Waals surface area contributed by atoms with Crippen LogP contribution in [0, 0.1) is 5.92 Å². The van der Waals surface area contributed by atoms with E-state index < -0.39 is 0 Å². The molecule has 0 bridgehead atoms. The molecule has 0 aromatic heterocycles. The van der Waals surface area contributed by atoms with Crippen molar-refractivity contribution in [3.63, 3.8) is 0 Å². The first-order valence-electron chi connectivity index (χ1n) is 8.40. The lowest BCUT2D eigenvalue weighted by Gasteiger charge is -2.18. The summed E-state index contributed by atoms with van der Waals surface area (Å²) >= 11 is 0. The lowest BCUT2D eigenvalue weighted by Crippen LogP contribution is -2.27. The lowest BCUT2D eigenvalue weighted by molar-refractivity contribution is -0.122. The van der Waals surface area contributed by atoms with Gasteiger partial charge in [0.25, 0.3) is 0 Å². The Morgan fingerprint density at radius 1 is 1.39 bits per heavy atom.